The first-order chi connectivity index (χ1) is 15.7. The second kappa shape index (κ2) is 12.0. The predicted octanol–water partition coefficient (Wildman–Crippen LogP) is 0.651. The van der Waals surface area contributed by atoms with Gasteiger partial charge in [-0.3, -0.25) is 9.59 Å². The number of ketones is 1. The van der Waals surface area contributed by atoms with E-state index >= 15 is 0 Å². The number of carbonyl (C=O) groups is 4. The van der Waals surface area contributed by atoms with E-state index in [1.54, 1.807) is 18.2 Å². The first-order valence-electron chi connectivity index (χ1n) is 9.75. The number of likely N-dealkylation sites (N-methyl/N-ethyl adjacent to an activating group) is 1. The van der Waals surface area contributed by atoms with Crippen LogP contribution in [0.2, 0.25) is 0 Å². The summed E-state index contributed by atoms with van der Waals surface area (Å²) in [5.74, 6) is -1.50. The number of carbonyl (C=O) groups excluding carboxylic acids is 4. The van der Waals surface area contributed by atoms with Gasteiger partial charge in [0.25, 0.3) is 0 Å². The normalized spacial score (nSPS) is 10.2. The SMILES string of the molecule is COC(=O)COc1ccc(C(=O)CN(C)C(=O)Cc2cccc(N)n2)cc1OCC(=O)OC. The zero-order valence-electron chi connectivity index (χ0n) is 18.5. The van der Waals surface area contributed by atoms with Crippen LogP contribution in [-0.2, 0) is 30.3 Å². The summed E-state index contributed by atoms with van der Waals surface area (Å²) in [4.78, 5) is 53.3. The molecule has 1 amide bonds. The summed E-state index contributed by atoms with van der Waals surface area (Å²) in [5, 5.41) is 0. The molecule has 0 bridgehead atoms. The van der Waals surface area contributed by atoms with Gasteiger partial charge < -0.3 is 29.6 Å². The Kier molecular flexibility index (Phi) is 9.16. The number of amides is 1. The molecule has 0 saturated heterocycles. The Bertz CT molecular complexity index is 1020. The zero-order chi connectivity index (χ0) is 24.4. The van der Waals surface area contributed by atoms with Crippen LogP contribution in [0.25, 0.3) is 0 Å². The molecule has 1 aromatic carbocycles. The smallest absolute Gasteiger partial charge is 0.343 e. The van der Waals surface area contributed by atoms with Gasteiger partial charge in [-0.1, -0.05) is 6.07 Å². The minimum Gasteiger partial charge on any atom is -0.478 e. The molecular weight excluding hydrogens is 434 g/mol. The molecule has 0 aliphatic heterocycles. The number of rotatable bonds is 11. The minimum atomic E-state index is -0.647. The quantitative estimate of drug-likeness (QED) is 0.375. The number of nitrogens with zero attached hydrogens (tertiary/aromatic N) is 2. The zero-order valence-corrected chi connectivity index (χ0v) is 18.5. The van der Waals surface area contributed by atoms with Gasteiger partial charge in [0.2, 0.25) is 5.91 Å². The predicted molar refractivity (Wildman–Crippen MR) is 116 cm³/mol. The first kappa shape index (κ1) is 25.1. The molecule has 0 fully saturated rings. The fourth-order valence-corrected chi connectivity index (χ4v) is 2.59. The number of Topliss-reactive ketones (excluding diaryl/α,β-unsaturated/α-hetero) is 1. The van der Waals surface area contributed by atoms with Crippen molar-refractivity contribution in [3.8, 4) is 11.5 Å². The van der Waals surface area contributed by atoms with Gasteiger partial charge >= 0.3 is 11.9 Å². The van der Waals surface area contributed by atoms with Crippen molar-refractivity contribution in [1.29, 1.82) is 0 Å². The van der Waals surface area contributed by atoms with Crippen LogP contribution in [0.4, 0.5) is 5.82 Å². The van der Waals surface area contributed by atoms with Crippen molar-refractivity contribution in [3.63, 3.8) is 0 Å². The van der Waals surface area contributed by atoms with Crippen molar-refractivity contribution in [1.82, 2.24) is 9.88 Å². The molecule has 2 N–H and O–H groups in total. The number of aromatic nitrogens is 1. The minimum absolute atomic E-state index is 0.0113. The van der Waals surface area contributed by atoms with Crippen LogP contribution in [0, 0.1) is 0 Å². The number of ether oxygens (including phenoxy) is 4. The number of esters is 2. The maximum absolute atomic E-state index is 12.7. The molecule has 0 atom stereocenters. The van der Waals surface area contributed by atoms with Gasteiger partial charge in [-0.15, -0.1) is 0 Å². The summed E-state index contributed by atoms with van der Waals surface area (Å²) in [6.07, 6.45) is -0.0113. The van der Waals surface area contributed by atoms with E-state index in [4.69, 9.17) is 15.2 Å². The fraction of sp³-hybridized carbons (Fsp3) is 0.318. The van der Waals surface area contributed by atoms with E-state index in [2.05, 4.69) is 14.5 Å². The summed E-state index contributed by atoms with van der Waals surface area (Å²) in [6.45, 7) is -1.04. The largest absolute Gasteiger partial charge is 0.478 e. The average Bonchev–Trinajstić information content (AvgIpc) is 2.80. The van der Waals surface area contributed by atoms with Crippen LogP contribution in [-0.4, -0.2) is 74.5 Å². The van der Waals surface area contributed by atoms with Gasteiger partial charge in [0, 0.05) is 12.6 Å². The van der Waals surface area contributed by atoms with Crippen LogP contribution in [0.15, 0.2) is 36.4 Å². The average molecular weight is 459 g/mol. The highest BCUT2D eigenvalue weighted by Crippen LogP contribution is 2.29. The van der Waals surface area contributed by atoms with Crippen LogP contribution in [0.1, 0.15) is 16.1 Å². The van der Waals surface area contributed by atoms with Crippen LogP contribution in [0.5, 0.6) is 11.5 Å². The molecule has 0 unspecified atom stereocenters. The topological polar surface area (TPSA) is 147 Å². The monoisotopic (exact) mass is 459 g/mol. The number of hydrogen-bond acceptors (Lipinski definition) is 10. The Balaban J connectivity index is 2.11. The van der Waals surface area contributed by atoms with Gasteiger partial charge in [0.1, 0.15) is 5.82 Å². The number of benzene rings is 1. The first-order valence-corrected chi connectivity index (χ1v) is 9.75. The molecule has 0 saturated carbocycles. The van der Waals surface area contributed by atoms with Crippen molar-refractivity contribution in [2.45, 2.75) is 6.42 Å². The fourth-order valence-electron chi connectivity index (χ4n) is 2.59. The van der Waals surface area contributed by atoms with Crippen molar-refractivity contribution < 1.29 is 38.1 Å². The lowest BCUT2D eigenvalue weighted by Gasteiger charge is -2.17. The van der Waals surface area contributed by atoms with Crippen LogP contribution < -0.4 is 15.2 Å². The maximum Gasteiger partial charge on any atom is 0.343 e. The second-order valence-electron chi connectivity index (χ2n) is 6.79. The van der Waals surface area contributed by atoms with Crippen molar-refractivity contribution in [3.05, 3.63) is 47.7 Å². The van der Waals surface area contributed by atoms with E-state index in [0.717, 1.165) is 0 Å². The molecule has 2 rings (SSSR count). The molecule has 1 aromatic heterocycles. The second-order valence-corrected chi connectivity index (χ2v) is 6.79. The third-order valence-corrected chi connectivity index (χ3v) is 4.38. The number of anilines is 1. The molecular formula is C22H25N3O8. The lowest BCUT2D eigenvalue weighted by atomic mass is 10.1. The highest BCUT2D eigenvalue weighted by Gasteiger charge is 2.18. The van der Waals surface area contributed by atoms with E-state index in [1.165, 1.54) is 44.4 Å². The third-order valence-electron chi connectivity index (χ3n) is 4.38. The molecule has 0 spiro atoms. The van der Waals surface area contributed by atoms with Crippen molar-refractivity contribution >= 4 is 29.4 Å². The number of nitrogens with two attached hydrogens (primary N) is 1. The molecule has 0 aliphatic rings. The molecule has 11 heteroatoms. The lowest BCUT2D eigenvalue weighted by molar-refractivity contribution is -0.144. The highest BCUT2D eigenvalue weighted by molar-refractivity contribution is 6.00. The molecule has 0 aliphatic carbocycles. The Morgan fingerprint density at radius 2 is 1.58 bits per heavy atom. The lowest BCUT2D eigenvalue weighted by Crippen LogP contribution is -2.33. The standard InChI is InChI=1S/C22H25N3O8/c1-25(20(27)10-15-5-4-6-19(23)24-15)11-16(26)14-7-8-17(32-12-21(28)30-2)18(9-14)33-13-22(29)31-3/h4-9H,10-13H2,1-3H3,(H2,23,24). The summed E-state index contributed by atoms with van der Waals surface area (Å²) >= 11 is 0. The molecule has 33 heavy (non-hydrogen) atoms. The van der Waals surface area contributed by atoms with Gasteiger partial charge in [-0.25, -0.2) is 14.6 Å². The highest BCUT2D eigenvalue weighted by atomic mass is 16.6. The van der Waals surface area contributed by atoms with Crippen molar-refractivity contribution in [2.24, 2.45) is 0 Å². The van der Waals surface area contributed by atoms with Crippen LogP contribution >= 0.6 is 0 Å². The summed E-state index contributed by atoms with van der Waals surface area (Å²) in [6, 6.07) is 9.20. The third kappa shape index (κ3) is 7.80. The van der Waals surface area contributed by atoms with Gasteiger partial charge in [-0.2, -0.15) is 0 Å². The Morgan fingerprint density at radius 3 is 2.18 bits per heavy atom. The molecule has 11 nitrogen and oxygen atoms in total. The Morgan fingerprint density at radius 1 is 0.939 bits per heavy atom. The molecule has 0 radical (unpaired) electrons. The van der Waals surface area contributed by atoms with E-state index in [1.807, 2.05) is 0 Å². The van der Waals surface area contributed by atoms with E-state index in [-0.39, 0.29) is 41.7 Å². The Labute approximate surface area is 190 Å². The van der Waals surface area contributed by atoms with Crippen LogP contribution in [0.3, 0.4) is 0 Å². The number of pyridine rings is 1. The summed E-state index contributed by atoms with van der Waals surface area (Å²) in [7, 11) is 3.91. The number of methoxy groups -OCH3 is 2. The van der Waals surface area contributed by atoms with Gasteiger partial charge in [-0.05, 0) is 30.3 Å². The maximum atomic E-state index is 12.7. The molecule has 1 heterocycles. The van der Waals surface area contributed by atoms with E-state index in [9.17, 15) is 19.2 Å². The molecule has 176 valence electrons. The molecule has 2 aromatic rings. The van der Waals surface area contributed by atoms with Crippen molar-refractivity contribution in [2.75, 3.05) is 46.8 Å². The van der Waals surface area contributed by atoms with E-state index in [0.29, 0.717) is 11.5 Å². The van der Waals surface area contributed by atoms with Gasteiger partial charge in [0.15, 0.2) is 30.5 Å². The van der Waals surface area contributed by atoms with E-state index < -0.39 is 25.2 Å². The Hall–Kier alpha value is -4.15. The van der Waals surface area contributed by atoms with Gasteiger partial charge in [0.05, 0.1) is 32.9 Å². The summed E-state index contributed by atoms with van der Waals surface area (Å²) in [5.41, 5.74) is 6.33. The number of hydrogen-bond donors (Lipinski definition) is 1. The number of nitrogen functional groups attached to an aromatic ring is 1. The summed E-state index contributed by atoms with van der Waals surface area (Å²) < 4.78 is 19.8.